The number of aliphatic hydroxyl groups is 10. The van der Waals surface area contributed by atoms with Crippen LogP contribution in [0, 0.1) is 0 Å². The molecule has 21 heteroatoms. The zero-order chi connectivity index (χ0) is 36.5. The maximum absolute atomic E-state index is 12.3. The average molecular weight is 717 g/mol. The highest BCUT2D eigenvalue weighted by atomic mass is 16.8. The Labute approximate surface area is 280 Å². The number of amides is 2. The van der Waals surface area contributed by atoms with Crippen LogP contribution in [-0.4, -0.2) is 199 Å². The average Bonchev–Trinajstić information content (AvgIpc) is 3.04. The van der Waals surface area contributed by atoms with E-state index in [0.717, 1.165) is 13.8 Å². The quantitative estimate of drug-likeness (QED) is 0.0999. The molecule has 4 saturated heterocycles. The molecular formula is C28H48N2O19. The third-order valence-corrected chi connectivity index (χ3v) is 8.91. The van der Waals surface area contributed by atoms with Gasteiger partial charge in [-0.25, -0.2) is 0 Å². The van der Waals surface area contributed by atoms with Crippen molar-refractivity contribution in [1.29, 1.82) is 0 Å². The van der Waals surface area contributed by atoms with Gasteiger partial charge in [0.2, 0.25) is 11.8 Å². The summed E-state index contributed by atoms with van der Waals surface area (Å²) in [5.74, 6) is -1.39. The van der Waals surface area contributed by atoms with Gasteiger partial charge in [-0.1, -0.05) is 0 Å². The van der Waals surface area contributed by atoms with Crippen molar-refractivity contribution < 1.29 is 93.8 Å². The van der Waals surface area contributed by atoms with Crippen molar-refractivity contribution in [2.45, 2.75) is 150 Å². The number of carbonyl (C=O) groups excluding carboxylic acids is 2. The van der Waals surface area contributed by atoms with E-state index in [0.29, 0.717) is 0 Å². The van der Waals surface area contributed by atoms with Gasteiger partial charge < -0.3 is 94.9 Å². The molecule has 4 rings (SSSR count). The molecule has 0 spiro atoms. The zero-order valence-corrected chi connectivity index (χ0v) is 27.1. The number of hydrogen-bond acceptors (Lipinski definition) is 19. The van der Waals surface area contributed by atoms with Crippen molar-refractivity contribution >= 4 is 11.8 Å². The SMILES string of the molecule is CC(=O)N[C@@H]1[C@@H](O[C@@H]2O[C@@H](C)[C@@H](O)[C@@H](O)[C@@H]2O)[C@H](O[C@@H]2O[C@H](CO)[C@@H](O)[C@H](O)[C@H]2NC(C)=O)[C@@H](CO[C@H]2O[C@@H](C)[C@@H](O)[C@@H](O)[C@@H]2O)O[C@H]1O. The zero-order valence-electron chi connectivity index (χ0n) is 27.1. The van der Waals surface area contributed by atoms with Gasteiger partial charge in [-0.3, -0.25) is 9.59 Å². The van der Waals surface area contributed by atoms with Crippen LogP contribution >= 0.6 is 0 Å². The van der Waals surface area contributed by atoms with Gasteiger partial charge >= 0.3 is 0 Å². The minimum absolute atomic E-state index is 0.649. The number of nitrogens with one attached hydrogen (secondary N) is 2. The van der Waals surface area contributed by atoms with E-state index in [1.807, 2.05) is 0 Å². The van der Waals surface area contributed by atoms with E-state index in [4.69, 9.17) is 33.2 Å². The van der Waals surface area contributed by atoms with Gasteiger partial charge in [-0.2, -0.15) is 0 Å². The smallest absolute Gasteiger partial charge is 0.217 e. The fourth-order valence-electron chi connectivity index (χ4n) is 6.13. The van der Waals surface area contributed by atoms with Crippen molar-refractivity contribution in [3.05, 3.63) is 0 Å². The second kappa shape index (κ2) is 16.7. The van der Waals surface area contributed by atoms with Crippen LogP contribution in [0.1, 0.15) is 27.7 Å². The molecule has 21 nitrogen and oxygen atoms in total. The predicted octanol–water partition coefficient (Wildman–Crippen LogP) is -7.41. The van der Waals surface area contributed by atoms with Crippen LogP contribution in [0.3, 0.4) is 0 Å². The first-order valence-corrected chi connectivity index (χ1v) is 15.8. The molecule has 20 atom stereocenters. The summed E-state index contributed by atoms with van der Waals surface area (Å²) >= 11 is 0. The minimum atomic E-state index is -1.91. The van der Waals surface area contributed by atoms with Crippen molar-refractivity contribution in [3.63, 3.8) is 0 Å². The standard InChI is InChI=1S/C28H48N2O19/c1-7-15(34)19(38)21(40)27(44-7)43-6-12-23(48-26-13(29-9(3)32)18(37)17(36)11(5-31)47-26)24(14(25(42)46-12)30-10(4)33)49-28-22(41)20(39)16(35)8(2)45-28/h7-8,11-28,31,34-42H,5-6H2,1-4H3,(H,29,32)(H,30,33)/t7-,8-,11+,12+,13+,14+,15+,16+,17+,18+,19+,20+,21-,22-,23+,24+,25+,26-,27-,28-/m0/s1. The molecule has 284 valence electrons. The molecule has 4 heterocycles. The lowest BCUT2D eigenvalue weighted by Crippen LogP contribution is -2.70. The van der Waals surface area contributed by atoms with Crippen LogP contribution < -0.4 is 10.6 Å². The fraction of sp³-hybridized carbons (Fsp3) is 0.929. The third-order valence-electron chi connectivity index (χ3n) is 8.91. The van der Waals surface area contributed by atoms with Gasteiger partial charge in [0, 0.05) is 13.8 Å². The van der Waals surface area contributed by atoms with Crippen molar-refractivity contribution in [1.82, 2.24) is 10.6 Å². The maximum atomic E-state index is 12.3. The largest absolute Gasteiger partial charge is 0.394 e. The molecule has 12 N–H and O–H groups in total. The molecule has 4 aliphatic heterocycles. The molecular weight excluding hydrogens is 668 g/mol. The molecule has 49 heavy (non-hydrogen) atoms. The fourth-order valence-corrected chi connectivity index (χ4v) is 6.13. The lowest BCUT2D eigenvalue weighted by atomic mass is 9.93. The maximum Gasteiger partial charge on any atom is 0.217 e. The third kappa shape index (κ3) is 8.84. The van der Waals surface area contributed by atoms with E-state index in [-0.39, 0.29) is 0 Å². The van der Waals surface area contributed by atoms with Gasteiger partial charge in [-0.05, 0) is 13.8 Å². The number of ether oxygens (including phenoxy) is 7. The summed E-state index contributed by atoms with van der Waals surface area (Å²) in [4.78, 5) is 24.4. The first kappa shape index (κ1) is 40.0. The molecule has 0 saturated carbocycles. The Hall–Kier alpha value is -1.74. The predicted molar refractivity (Wildman–Crippen MR) is 154 cm³/mol. The molecule has 0 aromatic rings. The summed E-state index contributed by atoms with van der Waals surface area (Å²) in [5, 5.41) is 109. The van der Waals surface area contributed by atoms with Gasteiger partial charge in [-0.15, -0.1) is 0 Å². The number of hydrogen-bond donors (Lipinski definition) is 12. The summed E-state index contributed by atoms with van der Waals surface area (Å²) in [6.45, 7) is 3.54. The van der Waals surface area contributed by atoms with E-state index in [1.54, 1.807) is 0 Å². The molecule has 4 aliphatic rings. The van der Waals surface area contributed by atoms with Crippen LogP contribution in [0.25, 0.3) is 0 Å². The molecule has 2 amide bonds. The lowest BCUT2D eigenvalue weighted by Gasteiger charge is -2.50. The first-order chi connectivity index (χ1) is 23.0. The van der Waals surface area contributed by atoms with Crippen LogP contribution in [-0.2, 0) is 42.7 Å². The van der Waals surface area contributed by atoms with E-state index >= 15 is 0 Å². The van der Waals surface area contributed by atoms with Crippen molar-refractivity contribution in [2.24, 2.45) is 0 Å². The van der Waals surface area contributed by atoms with Gasteiger partial charge in [0.25, 0.3) is 0 Å². The van der Waals surface area contributed by atoms with Crippen LogP contribution in [0.4, 0.5) is 0 Å². The van der Waals surface area contributed by atoms with Crippen LogP contribution in [0.15, 0.2) is 0 Å². The second-order valence-electron chi connectivity index (χ2n) is 12.6. The summed E-state index contributed by atoms with van der Waals surface area (Å²) in [7, 11) is 0. The van der Waals surface area contributed by atoms with Gasteiger partial charge in [0.15, 0.2) is 25.2 Å². The summed E-state index contributed by atoms with van der Waals surface area (Å²) in [5.41, 5.74) is 0. The molecule has 0 unspecified atom stereocenters. The Balaban J connectivity index is 1.72. The Bertz CT molecular complexity index is 1110. The van der Waals surface area contributed by atoms with E-state index < -0.39 is 148 Å². The molecule has 0 bridgehead atoms. The molecule has 0 aromatic carbocycles. The molecule has 0 aromatic heterocycles. The highest BCUT2D eigenvalue weighted by molar-refractivity contribution is 5.73. The molecule has 4 fully saturated rings. The van der Waals surface area contributed by atoms with Gasteiger partial charge in [0.1, 0.15) is 85.3 Å². The molecule has 0 aliphatic carbocycles. The van der Waals surface area contributed by atoms with Crippen molar-refractivity contribution in [2.75, 3.05) is 13.2 Å². The van der Waals surface area contributed by atoms with Gasteiger partial charge in [0.05, 0.1) is 25.4 Å². The van der Waals surface area contributed by atoms with Crippen LogP contribution in [0.2, 0.25) is 0 Å². The summed E-state index contributed by atoms with van der Waals surface area (Å²) in [6.07, 6.45) is -28.8. The van der Waals surface area contributed by atoms with E-state index in [1.165, 1.54) is 13.8 Å². The second-order valence-corrected chi connectivity index (χ2v) is 12.6. The molecule has 0 radical (unpaired) electrons. The van der Waals surface area contributed by atoms with Crippen LogP contribution in [0.5, 0.6) is 0 Å². The Kier molecular flexibility index (Phi) is 13.7. The summed E-state index contributed by atoms with van der Waals surface area (Å²) < 4.78 is 40.5. The highest BCUT2D eigenvalue weighted by Crippen LogP contribution is 2.34. The number of rotatable bonds is 10. The monoisotopic (exact) mass is 716 g/mol. The summed E-state index contributed by atoms with van der Waals surface area (Å²) in [6, 6.07) is -3.03. The Morgan fingerprint density at radius 2 is 1.08 bits per heavy atom. The van der Waals surface area contributed by atoms with E-state index in [2.05, 4.69) is 10.6 Å². The highest BCUT2D eigenvalue weighted by Gasteiger charge is 2.55. The minimum Gasteiger partial charge on any atom is -0.394 e. The van der Waals surface area contributed by atoms with E-state index in [9.17, 15) is 60.7 Å². The number of aliphatic hydroxyl groups excluding tert-OH is 10. The van der Waals surface area contributed by atoms with Crippen molar-refractivity contribution in [3.8, 4) is 0 Å². The first-order valence-electron chi connectivity index (χ1n) is 15.8. The topological polar surface area (TPSA) is 325 Å². The normalized spacial score (nSPS) is 49.3. The Morgan fingerprint density at radius 1 is 0.571 bits per heavy atom. The lowest BCUT2D eigenvalue weighted by molar-refractivity contribution is -0.368. The number of carbonyl (C=O) groups is 2. The Morgan fingerprint density at radius 3 is 1.63 bits per heavy atom.